The van der Waals surface area contributed by atoms with Crippen molar-refractivity contribution < 1.29 is 14.3 Å². The largest absolute Gasteiger partial charge is 0.376 e. The SMILES string of the molecule is CC(=O)N[C@@H]1[C@@H](NC(=O)C2(c3ccccc3)CCCC2)[C@H]2CCO[C@H]21. The number of hydrogen-bond donors (Lipinski definition) is 2. The van der Waals surface area contributed by atoms with Crippen molar-refractivity contribution >= 4 is 11.8 Å². The second-order valence-corrected chi connectivity index (χ2v) is 7.67. The van der Waals surface area contributed by atoms with E-state index in [0.29, 0.717) is 12.5 Å². The molecular weight excluding hydrogens is 316 g/mol. The molecule has 25 heavy (non-hydrogen) atoms. The molecule has 0 radical (unpaired) electrons. The number of amides is 2. The van der Waals surface area contributed by atoms with E-state index in [1.165, 1.54) is 6.92 Å². The van der Waals surface area contributed by atoms with E-state index in [-0.39, 0.29) is 30.0 Å². The molecule has 5 heteroatoms. The molecule has 5 nitrogen and oxygen atoms in total. The lowest BCUT2D eigenvalue weighted by Crippen LogP contribution is -2.71. The third-order valence-electron chi connectivity index (χ3n) is 6.27. The molecule has 3 aliphatic rings. The van der Waals surface area contributed by atoms with Crippen LogP contribution in [0.3, 0.4) is 0 Å². The molecule has 0 spiro atoms. The molecule has 2 amide bonds. The number of carbonyl (C=O) groups is 2. The summed E-state index contributed by atoms with van der Waals surface area (Å²) < 4.78 is 5.75. The van der Waals surface area contributed by atoms with Gasteiger partial charge in [0.05, 0.1) is 23.6 Å². The van der Waals surface area contributed by atoms with Crippen LogP contribution in [0.25, 0.3) is 0 Å². The summed E-state index contributed by atoms with van der Waals surface area (Å²) in [4.78, 5) is 24.9. The Morgan fingerprint density at radius 3 is 2.48 bits per heavy atom. The van der Waals surface area contributed by atoms with Gasteiger partial charge in [-0.05, 0) is 24.8 Å². The Morgan fingerprint density at radius 1 is 1.08 bits per heavy atom. The molecule has 4 rings (SSSR count). The second kappa shape index (κ2) is 6.45. The van der Waals surface area contributed by atoms with Crippen molar-refractivity contribution in [1.82, 2.24) is 10.6 Å². The summed E-state index contributed by atoms with van der Waals surface area (Å²) in [5.74, 6) is 0.355. The average Bonchev–Trinajstić information content (AvgIpc) is 3.26. The van der Waals surface area contributed by atoms with Crippen LogP contribution < -0.4 is 10.6 Å². The van der Waals surface area contributed by atoms with Crippen molar-refractivity contribution in [2.75, 3.05) is 6.61 Å². The lowest BCUT2D eigenvalue weighted by molar-refractivity contribution is -0.134. The minimum Gasteiger partial charge on any atom is -0.376 e. The van der Waals surface area contributed by atoms with Crippen LogP contribution in [-0.2, 0) is 19.7 Å². The molecule has 1 aromatic carbocycles. The summed E-state index contributed by atoms with van der Waals surface area (Å²) in [5.41, 5.74) is 0.687. The van der Waals surface area contributed by atoms with E-state index in [2.05, 4.69) is 22.8 Å². The predicted molar refractivity (Wildman–Crippen MR) is 94.0 cm³/mol. The van der Waals surface area contributed by atoms with Gasteiger partial charge < -0.3 is 15.4 Å². The lowest BCUT2D eigenvalue weighted by atomic mass is 9.70. The first kappa shape index (κ1) is 16.6. The van der Waals surface area contributed by atoms with Gasteiger partial charge >= 0.3 is 0 Å². The third-order valence-corrected chi connectivity index (χ3v) is 6.27. The highest BCUT2D eigenvalue weighted by Crippen LogP contribution is 2.43. The maximum Gasteiger partial charge on any atom is 0.230 e. The fourth-order valence-electron chi connectivity index (χ4n) is 4.98. The van der Waals surface area contributed by atoms with Gasteiger partial charge in [-0.3, -0.25) is 9.59 Å². The number of hydrogen-bond acceptors (Lipinski definition) is 3. The first-order valence-electron chi connectivity index (χ1n) is 9.37. The van der Waals surface area contributed by atoms with Gasteiger partial charge in [0.1, 0.15) is 0 Å². The van der Waals surface area contributed by atoms with Crippen LogP contribution in [0.4, 0.5) is 0 Å². The summed E-state index contributed by atoms with van der Waals surface area (Å²) in [5, 5.41) is 6.26. The minimum absolute atomic E-state index is 0.0231. The van der Waals surface area contributed by atoms with Crippen molar-refractivity contribution in [2.45, 2.75) is 62.6 Å². The molecule has 2 aliphatic carbocycles. The van der Waals surface area contributed by atoms with E-state index in [1.807, 2.05) is 18.2 Å². The molecule has 1 aliphatic heterocycles. The fourth-order valence-corrected chi connectivity index (χ4v) is 4.98. The van der Waals surface area contributed by atoms with Crippen molar-refractivity contribution in [3.8, 4) is 0 Å². The highest BCUT2D eigenvalue weighted by atomic mass is 16.5. The molecule has 0 aromatic heterocycles. The van der Waals surface area contributed by atoms with Gasteiger partial charge in [0.15, 0.2) is 0 Å². The Bertz CT molecular complexity index is 654. The number of ether oxygens (including phenoxy) is 1. The first-order valence-corrected chi connectivity index (χ1v) is 9.37. The Morgan fingerprint density at radius 2 is 1.80 bits per heavy atom. The molecule has 0 unspecified atom stereocenters. The molecule has 0 bridgehead atoms. The highest BCUT2D eigenvalue weighted by molar-refractivity contribution is 5.89. The Balaban J connectivity index is 1.54. The van der Waals surface area contributed by atoms with Gasteiger partial charge in [-0.15, -0.1) is 0 Å². The second-order valence-electron chi connectivity index (χ2n) is 7.67. The summed E-state index contributed by atoms with van der Waals surface area (Å²) in [6.45, 7) is 2.23. The van der Waals surface area contributed by atoms with Gasteiger partial charge in [0.2, 0.25) is 11.8 Å². The van der Waals surface area contributed by atoms with Crippen molar-refractivity contribution in [1.29, 1.82) is 0 Å². The summed E-state index contributed by atoms with van der Waals surface area (Å²) in [6.07, 6.45) is 4.94. The zero-order valence-corrected chi connectivity index (χ0v) is 14.7. The van der Waals surface area contributed by atoms with Crippen LogP contribution in [0.5, 0.6) is 0 Å². The summed E-state index contributed by atoms with van der Waals surface area (Å²) >= 11 is 0. The summed E-state index contributed by atoms with van der Waals surface area (Å²) in [7, 11) is 0. The topological polar surface area (TPSA) is 67.4 Å². The summed E-state index contributed by atoms with van der Waals surface area (Å²) in [6, 6.07) is 10.0. The van der Waals surface area contributed by atoms with Crippen LogP contribution in [0.2, 0.25) is 0 Å². The van der Waals surface area contributed by atoms with Crippen LogP contribution in [0.15, 0.2) is 30.3 Å². The predicted octanol–water partition coefficient (Wildman–Crippen LogP) is 1.91. The van der Waals surface area contributed by atoms with E-state index >= 15 is 0 Å². The van der Waals surface area contributed by atoms with Crippen LogP contribution in [0, 0.1) is 5.92 Å². The molecule has 134 valence electrons. The smallest absolute Gasteiger partial charge is 0.230 e. The standard InChI is InChI=1S/C20H26N2O3/c1-13(23)21-17-16(15-9-12-25-18(15)17)22-19(24)20(10-5-6-11-20)14-7-3-2-4-8-14/h2-4,7-8,15-18H,5-6,9-12H2,1H3,(H,21,23)(H,22,24)/t15-,16+,17-,18-/m1/s1. The molecule has 2 N–H and O–H groups in total. The van der Waals surface area contributed by atoms with Crippen molar-refractivity contribution in [3.05, 3.63) is 35.9 Å². The van der Waals surface area contributed by atoms with E-state index in [4.69, 9.17) is 4.74 Å². The fraction of sp³-hybridized carbons (Fsp3) is 0.600. The molecule has 2 saturated carbocycles. The zero-order chi connectivity index (χ0) is 17.4. The monoisotopic (exact) mass is 342 g/mol. The Labute approximate surface area is 148 Å². The molecule has 1 saturated heterocycles. The van der Waals surface area contributed by atoms with Crippen molar-refractivity contribution in [2.24, 2.45) is 5.92 Å². The molecule has 4 atom stereocenters. The number of benzene rings is 1. The van der Waals surface area contributed by atoms with E-state index in [0.717, 1.165) is 37.7 Å². The first-order chi connectivity index (χ1) is 12.1. The Hall–Kier alpha value is -1.88. The van der Waals surface area contributed by atoms with Crippen LogP contribution in [0.1, 0.15) is 44.6 Å². The number of rotatable bonds is 4. The number of carbonyl (C=O) groups excluding carboxylic acids is 2. The van der Waals surface area contributed by atoms with E-state index in [1.54, 1.807) is 0 Å². The van der Waals surface area contributed by atoms with Gasteiger partial charge in [-0.2, -0.15) is 0 Å². The van der Waals surface area contributed by atoms with Gasteiger partial charge in [0.25, 0.3) is 0 Å². The zero-order valence-electron chi connectivity index (χ0n) is 14.7. The Kier molecular flexibility index (Phi) is 4.28. The van der Waals surface area contributed by atoms with Crippen molar-refractivity contribution in [3.63, 3.8) is 0 Å². The molecule has 3 fully saturated rings. The maximum absolute atomic E-state index is 13.3. The highest BCUT2D eigenvalue weighted by Gasteiger charge is 2.56. The molecule has 1 heterocycles. The number of nitrogens with one attached hydrogen (secondary N) is 2. The maximum atomic E-state index is 13.3. The molecule has 1 aromatic rings. The molecular formula is C20H26N2O3. The lowest BCUT2D eigenvalue weighted by Gasteiger charge is -2.48. The average molecular weight is 342 g/mol. The number of fused-ring (bicyclic) bond motifs is 1. The van der Waals surface area contributed by atoms with E-state index in [9.17, 15) is 9.59 Å². The van der Waals surface area contributed by atoms with E-state index < -0.39 is 5.41 Å². The van der Waals surface area contributed by atoms with Crippen LogP contribution >= 0.6 is 0 Å². The van der Waals surface area contributed by atoms with Crippen LogP contribution in [-0.4, -0.2) is 36.6 Å². The third kappa shape index (κ3) is 2.74. The van der Waals surface area contributed by atoms with Gasteiger partial charge in [-0.1, -0.05) is 43.2 Å². The van der Waals surface area contributed by atoms with Gasteiger partial charge in [-0.25, -0.2) is 0 Å². The van der Waals surface area contributed by atoms with Gasteiger partial charge in [0, 0.05) is 19.4 Å². The normalized spacial score (nSPS) is 32.5. The minimum atomic E-state index is -0.424. The quantitative estimate of drug-likeness (QED) is 0.878.